The van der Waals surface area contributed by atoms with E-state index >= 15 is 0 Å². The summed E-state index contributed by atoms with van der Waals surface area (Å²) in [6.07, 6.45) is -0.203. The van der Waals surface area contributed by atoms with Crippen molar-refractivity contribution in [1.29, 1.82) is 0 Å². The highest BCUT2D eigenvalue weighted by atomic mass is 79.9. The third-order valence-electron chi connectivity index (χ3n) is 1.85. The van der Waals surface area contributed by atoms with E-state index < -0.39 is 6.36 Å². The molecule has 0 aliphatic carbocycles. The van der Waals surface area contributed by atoms with Gasteiger partial charge in [-0.2, -0.15) is 0 Å². The molecule has 6 heteroatoms. The predicted molar refractivity (Wildman–Crippen MR) is 65.0 cm³/mol. The van der Waals surface area contributed by atoms with Crippen LogP contribution in [0.15, 0.2) is 24.3 Å². The minimum absolute atomic E-state index is 0.0386. The van der Waals surface area contributed by atoms with Crippen molar-refractivity contribution < 1.29 is 17.9 Å². The molecule has 0 radical (unpaired) electrons. The molecule has 0 unspecified atom stereocenters. The van der Waals surface area contributed by atoms with Crippen molar-refractivity contribution in [3.63, 3.8) is 0 Å². The summed E-state index contributed by atoms with van der Waals surface area (Å²) < 4.78 is 39.7. The molecule has 0 spiro atoms. The zero-order valence-corrected chi connectivity index (χ0v) is 10.4. The van der Waals surface area contributed by atoms with Crippen LogP contribution >= 0.6 is 15.9 Å². The molecule has 0 aromatic heterocycles. The molecule has 0 bridgehead atoms. The third-order valence-corrected chi connectivity index (χ3v) is 2.30. The van der Waals surface area contributed by atoms with Gasteiger partial charge in [-0.05, 0) is 24.1 Å². The number of hydrogen-bond donors (Lipinski definition) is 1. The van der Waals surface area contributed by atoms with Crippen LogP contribution in [0.3, 0.4) is 0 Å². The Labute approximate surface area is 105 Å². The van der Waals surface area contributed by atoms with E-state index in [2.05, 4.69) is 20.7 Å². The Bertz CT molecular complexity index is 404. The molecule has 1 aromatic rings. The second-order valence-electron chi connectivity index (χ2n) is 3.23. The molecule has 0 atom stereocenters. The third kappa shape index (κ3) is 5.12. The van der Waals surface area contributed by atoms with E-state index in [0.29, 0.717) is 0 Å². The van der Waals surface area contributed by atoms with Gasteiger partial charge < -0.3 is 10.5 Å². The monoisotopic (exact) mass is 309 g/mol. The first-order valence-electron chi connectivity index (χ1n) is 4.80. The Morgan fingerprint density at radius 2 is 2.06 bits per heavy atom. The molecule has 1 rings (SSSR count). The van der Waals surface area contributed by atoms with Crippen molar-refractivity contribution in [3.05, 3.63) is 29.8 Å². The molecule has 0 amide bonds. The van der Waals surface area contributed by atoms with E-state index in [1.165, 1.54) is 18.2 Å². The average Bonchev–Trinajstić information content (AvgIpc) is 2.21. The van der Waals surface area contributed by atoms with Gasteiger partial charge in [-0.3, -0.25) is 0 Å². The Kier molecular flexibility index (Phi) is 4.86. The average molecular weight is 310 g/mol. The second-order valence-corrected chi connectivity index (χ2v) is 4.02. The summed E-state index contributed by atoms with van der Waals surface area (Å²) in [7, 11) is 0. The zero-order valence-electron chi connectivity index (χ0n) is 8.80. The maximum absolute atomic E-state index is 12.0. The zero-order chi connectivity index (χ0) is 12.9. The van der Waals surface area contributed by atoms with Gasteiger partial charge in [0.15, 0.2) is 5.75 Å². The number of ether oxygens (including phenoxy) is 1. The molecule has 2 nitrogen and oxygen atoms in total. The van der Waals surface area contributed by atoms with E-state index in [-0.39, 0.29) is 11.4 Å². The molecule has 0 heterocycles. The first-order valence-corrected chi connectivity index (χ1v) is 5.92. The van der Waals surface area contributed by atoms with Crippen LogP contribution in [0.5, 0.6) is 5.75 Å². The number of allylic oxidation sites excluding steroid dienone is 1. The van der Waals surface area contributed by atoms with Crippen LogP contribution in [0, 0.1) is 0 Å². The molecule has 0 aliphatic heterocycles. The highest BCUT2D eigenvalue weighted by molar-refractivity contribution is 9.09. The van der Waals surface area contributed by atoms with Crippen molar-refractivity contribution in [2.24, 2.45) is 0 Å². The molecule has 0 saturated heterocycles. The summed E-state index contributed by atoms with van der Waals surface area (Å²) in [5.74, 6) is -0.379. The second kappa shape index (κ2) is 5.95. The Hall–Kier alpha value is -1.17. The van der Waals surface area contributed by atoms with Gasteiger partial charge >= 0.3 is 6.36 Å². The van der Waals surface area contributed by atoms with Gasteiger partial charge in [0.1, 0.15) is 0 Å². The predicted octanol–water partition coefficient (Wildman–Crippen LogP) is 3.97. The highest BCUT2D eigenvalue weighted by Gasteiger charge is 2.31. The summed E-state index contributed by atoms with van der Waals surface area (Å²) in [6.45, 7) is 0. The molecule has 17 heavy (non-hydrogen) atoms. The van der Waals surface area contributed by atoms with E-state index in [1.807, 2.05) is 6.08 Å². The lowest BCUT2D eigenvalue weighted by Gasteiger charge is -2.11. The fourth-order valence-corrected chi connectivity index (χ4v) is 1.43. The van der Waals surface area contributed by atoms with Crippen molar-refractivity contribution in [1.82, 2.24) is 0 Å². The van der Waals surface area contributed by atoms with Gasteiger partial charge in [-0.25, -0.2) is 0 Å². The van der Waals surface area contributed by atoms with Crippen molar-refractivity contribution in [3.8, 4) is 5.75 Å². The highest BCUT2D eigenvalue weighted by Crippen LogP contribution is 2.29. The SMILES string of the molecule is Nc1cc(C=CCCBr)ccc1OC(F)(F)F. The summed E-state index contributed by atoms with van der Waals surface area (Å²) >= 11 is 3.26. The van der Waals surface area contributed by atoms with Crippen LogP contribution in [-0.4, -0.2) is 11.7 Å². The molecular weight excluding hydrogens is 299 g/mol. The number of anilines is 1. The van der Waals surface area contributed by atoms with Crippen LogP contribution in [-0.2, 0) is 0 Å². The van der Waals surface area contributed by atoms with E-state index in [0.717, 1.165) is 17.3 Å². The Morgan fingerprint density at radius 3 is 2.59 bits per heavy atom. The maximum Gasteiger partial charge on any atom is 0.573 e. The smallest absolute Gasteiger partial charge is 0.404 e. The van der Waals surface area contributed by atoms with Crippen molar-refractivity contribution >= 4 is 27.7 Å². The number of benzene rings is 1. The maximum atomic E-state index is 12.0. The van der Waals surface area contributed by atoms with Gasteiger partial charge in [0.25, 0.3) is 0 Å². The Balaban J connectivity index is 2.79. The number of halogens is 4. The Morgan fingerprint density at radius 1 is 1.35 bits per heavy atom. The first kappa shape index (κ1) is 13.9. The number of nitrogen functional groups attached to an aromatic ring is 1. The van der Waals surface area contributed by atoms with Gasteiger partial charge in [0.05, 0.1) is 5.69 Å². The van der Waals surface area contributed by atoms with E-state index in [1.54, 1.807) is 6.08 Å². The van der Waals surface area contributed by atoms with Crippen LogP contribution in [0.1, 0.15) is 12.0 Å². The van der Waals surface area contributed by atoms with Crippen LogP contribution < -0.4 is 10.5 Å². The van der Waals surface area contributed by atoms with E-state index in [9.17, 15) is 13.2 Å². The first-order chi connectivity index (χ1) is 7.92. The number of alkyl halides is 4. The van der Waals surface area contributed by atoms with Gasteiger partial charge in [-0.1, -0.05) is 34.1 Å². The van der Waals surface area contributed by atoms with Gasteiger partial charge in [0, 0.05) is 5.33 Å². The molecule has 0 saturated carbocycles. The molecule has 2 N–H and O–H groups in total. The van der Waals surface area contributed by atoms with Gasteiger partial charge in [0.2, 0.25) is 0 Å². The fraction of sp³-hybridized carbons (Fsp3) is 0.273. The van der Waals surface area contributed by atoms with Crippen LogP contribution in [0.2, 0.25) is 0 Å². The summed E-state index contributed by atoms with van der Waals surface area (Å²) in [5.41, 5.74) is 6.16. The number of nitrogens with two attached hydrogens (primary N) is 1. The minimum atomic E-state index is -4.72. The normalized spacial score (nSPS) is 12.0. The van der Waals surface area contributed by atoms with Crippen molar-refractivity contribution in [2.45, 2.75) is 12.8 Å². The standard InChI is InChI=1S/C11H11BrF3NO/c12-6-2-1-3-8-4-5-10(9(16)7-8)17-11(13,14)15/h1,3-5,7H,2,6,16H2. The molecule has 1 aromatic carbocycles. The lowest BCUT2D eigenvalue weighted by atomic mass is 10.1. The minimum Gasteiger partial charge on any atom is -0.404 e. The van der Waals surface area contributed by atoms with Gasteiger partial charge in [-0.15, -0.1) is 13.2 Å². The number of rotatable bonds is 4. The molecule has 0 aliphatic rings. The summed E-state index contributed by atoms with van der Waals surface area (Å²) in [6, 6.07) is 4.16. The fourth-order valence-electron chi connectivity index (χ4n) is 1.17. The quantitative estimate of drug-likeness (QED) is 0.675. The number of hydrogen-bond acceptors (Lipinski definition) is 2. The van der Waals surface area contributed by atoms with E-state index in [4.69, 9.17) is 5.73 Å². The lowest BCUT2D eigenvalue weighted by molar-refractivity contribution is -0.274. The molecular formula is C11H11BrF3NO. The lowest BCUT2D eigenvalue weighted by Crippen LogP contribution is -2.18. The summed E-state index contributed by atoms with van der Waals surface area (Å²) in [5, 5.41) is 0.828. The largest absolute Gasteiger partial charge is 0.573 e. The molecule has 94 valence electrons. The topological polar surface area (TPSA) is 35.2 Å². The van der Waals surface area contributed by atoms with Crippen molar-refractivity contribution in [2.75, 3.05) is 11.1 Å². The molecule has 0 fully saturated rings. The summed E-state index contributed by atoms with van der Waals surface area (Å²) in [4.78, 5) is 0. The van der Waals surface area contributed by atoms with Crippen LogP contribution in [0.4, 0.5) is 18.9 Å². The van der Waals surface area contributed by atoms with Crippen LogP contribution in [0.25, 0.3) is 6.08 Å².